The Morgan fingerprint density at radius 1 is 1.10 bits per heavy atom. The average Bonchev–Trinajstić information content (AvgIpc) is 3.06. The fourth-order valence-corrected chi connectivity index (χ4v) is 5.42. The Morgan fingerprint density at radius 2 is 1.84 bits per heavy atom. The molecule has 0 fully saturated rings. The molecule has 158 valence electrons. The Hall–Kier alpha value is -2.99. The molecule has 1 aromatic carbocycles. The molecule has 4 heterocycles. The van der Waals surface area contributed by atoms with Gasteiger partial charge in [-0.25, -0.2) is 4.98 Å². The van der Waals surface area contributed by atoms with Gasteiger partial charge in [-0.15, -0.1) is 0 Å². The van der Waals surface area contributed by atoms with E-state index < -0.39 is 11.6 Å². The van der Waals surface area contributed by atoms with Crippen molar-refractivity contribution in [3.8, 4) is 11.4 Å². The van der Waals surface area contributed by atoms with Crippen molar-refractivity contribution in [1.29, 1.82) is 0 Å². The molecular formula is C25H24N2O4. The van der Waals surface area contributed by atoms with Crippen LogP contribution in [0.15, 0.2) is 29.1 Å². The summed E-state index contributed by atoms with van der Waals surface area (Å²) in [5, 5.41) is 12.3. The zero-order valence-corrected chi connectivity index (χ0v) is 17.5. The summed E-state index contributed by atoms with van der Waals surface area (Å²) in [6.07, 6.45) is 4.82. The Bertz CT molecular complexity index is 1340. The fourth-order valence-electron chi connectivity index (χ4n) is 5.42. The second kappa shape index (κ2) is 6.50. The summed E-state index contributed by atoms with van der Waals surface area (Å²) in [5.74, 6) is -0.487. The van der Waals surface area contributed by atoms with Gasteiger partial charge in [-0.05, 0) is 73.1 Å². The number of esters is 1. The lowest BCUT2D eigenvalue weighted by Gasteiger charge is -2.26. The highest BCUT2D eigenvalue weighted by atomic mass is 16.5. The van der Waals surface area contributed by atoms with Crippen LogP contribution in [0.2, 0.25) is 0 Å². The van der Waals surface area contributed by atoms with Gasteiger partial charge in [0.25, 0.3) is 5.56 Å². The summed E-state index contributed by atoms with van der Waals surface area (Å²) >= 11 is 0. The SMILES string of the molecule is CCC1(O)CC(=O)OCc2c1cc1n(c2=O)Cc2cc3cc4c(cc3nc2-1)CCCC4. The van der Waals surface area contributed by atoms with Gasteiger partial charge in [-0.1, -0.05) is 6.92 Å². The molecular weight excluding hydrogens is 392 g/mol. The molecule has 1 unspecified atom stereocenters. The lowest BCUT2D eigenvalue weighted by atomic mass is 9.85. The molecule has 2 aliphatic heterocycles. The van der Waals surface area contributed by atoms with Crippen molar-refractivity contribution in [2.24, 2.45) is 0 Å². The lowest BCUT2D eigenvalue weighted by molar-refractivity contribution is -0.149. The van der Waals surface area contributed by atoms with E-state index in [0.717, 1.165) is 35.0 Å². The van der Waals surface area contributed by atoms with Crippen molar-refractivity contribution in [1.82, 2.24) is 9.55 Å². The largest absolute Gasteiger partial charge is 0.460 e. The van der Waals surface area contributed by atoms with Gasteiger partial charge < -0.3 is 14.4 Å². The van der Waals surface area contributed by atoms with Gasteiger partial charge in [-0.2, -0.15) is 0 Å². The van der Waals surface area contributed by atoms with Crippen LogP contribution in [-0.4, -0.2) is 20.6 Å². The third-order valence-corrected chi connectivity index (χ3v) is 7.23. The van der Waals surface area contributed by atoms with Gasteiger partial charge in [0.1, 0.15) is 12.2 Å². The van der Waals surface area contributed by atoms with E-state index in [9.17, 15) is 14.7 Å². The summed E-state index contributed by atoms with van der Waals surface area (Å²) in [4.78, 5) is 30.4. The zero-order valence-electron chi connectivity index (χ0n) is 17.5. The van der Waals surface area contributed by atoms with E-state index in [-0.39, 0.29) is 18.6 Å². The van der Waals surface area contributed by atoms with Crippen LogP contribution in [0, 0.1) is 0 Å². The smallest absolute Gasteiger partial charge is 0.309 e. The van der Waals surface area contributed by atoms with Gasteiger partial charge in [0.15, 0.2) is 0 Å². The van der Waals surface area contributed by atoms with Crippen molar-refractivity contribution in [3.63, 3.8) is 0 Å². The zero-order chi connectivity index (χ0) is 21.3. The summed E-state index contributed by atoms with van der Waals surface area (Å²) in [5.41, 5.74) is 5.49. The third kappa shape index (κ3) is 2.71. The first-order valence-corrected chi connectivity index (χ1v) is 11.1. The Morgan fingerprint density at radius 3 is 2.61 bits per heavy atom. The number of cyclic esters (lactones) is 1. The number of aromatic nitrogens is 2. The minimum Gasteiger partial charge on any atom is -0.460 e. The van der Waals surface area contributed by atoms with Gasteiger partial charge in [0, 0.05) is 10.9 Å². The van der Waals surface area contributed by atoms with Crippen molar-refractivity contribution >= 4 is 16.9 Å². The molecule has 3 aromatic rings. The van der Waals surface area contributed by atoms with E-state index in [1.54, 1.807) is 4.57 Å². The minimum absolute atomic E-state index is 0.103. The molecule has 0 saturated carbocycles. The first kappa shape index (κ1) is 18.8. The molecule has 1 aliphatic carbocycles. The number of fused-ring (bicyclic) bond motifs is 6. The van der Waals surface area contributed by atoms with Gasteiger partial charge in [0.05, 0.1) is 35.4 Å². The predicted molar refractivity (Wildman–Crippen MR) is 116 cm³/mol. The summed E-state index contributed by atoms with van der Waals surface area (Å²) in [6.45, 7) is 2.15. The maximum atomic E-state index is 13.4. The number of pyridine rings is 2. The average molecular weight is 416 g/mol. The van der Waals surface area contributed by atoms with Crippen LogP contribution < -0.4 is 5.56 Å². The number of hydrogen-bond donors (Lipinski definition) is 1. The van der Waals surface area contributed by atoms with E-state index in [1.807, 2.05) is 13.0 Å². The third-order valence-electron chi connectivity index (χ3n) is 7.23. The van der Waals surface area contributed by atoms with Crippen molar-refractivity contribution in [2.75, 3.05) is 0 Å². The number of hydrogen-bond acceptors (Lipinski definition) is 5. The summed E-state index contributed by atoms with van der Waals surface area (Å²) in [6, 6.07) is 8.46. The molecule has 3 aliphatic rings. The molecule has 0 saturated heterocycles. The van der Waals surface area contributed by atoms with Crippen LogP contribution in [0.5, 0.6) is 0 Å². The molecule has 31 heavy (non-hydrogen) atoms. The molecule has 6 nitrogen and oxygen atoms in total. The first-order chi connectivity index (χ1) is 15.0. The number of rotatable bonds is 1. The molecule has 1 N–H and O–H groups in total. The van der Waals surface area contributed by atoms with Gasteiger partial charge in [0.2, 0.25) is 0 Å². The molecule has 0 bridgehead atoms. The van der Waals surface area contributed by atoms with E-state index in [2.05, 4.69) is 18.2 Å². The van der Waals surface area contributed by atoms with E-state index >= 15 is 0 Å². The standard InChI is InChI=1S/C25H24N2O4/c1-2-25(30)11-22(28)31-13-18-19(25)10-21-23-17(12-27(21)24(18)29)8-16-7-14-5-3-4-6-15(14)9-20(16)26-23/h7-10,30H,2-6,11-13H2,1H3. The van der Waals surface area contributed by atoms with Crippen LogP contribution in [-0.2, 0) is 41.1 Å². The van der Waals surface area contributed by atoms with Crippen LogP contribution in [0.25, 0.3) is 22.3 Å². The highest BCUT2D eigenvalue weighted by Gasteiger charge is 2.39. The van der Waals surface area contributed by atoms with E-state index in [0.29, 0.717) is 29.8 Å². The van der Waals surface area contributed by atoms with Crippen molar-refractivity contribution < 1.29 is 14.6 Å². The number of carbonyl (C=O) groups excluding carboxylic acids is 1. The van der Waals surface area contributed by atoms with Crippen LogP contribution in [0.3, 0.4) is 0 Å². The van der Waals surface area contributed by atoms with Crippen molar-refractivity contribution in [3.05, 3.63) is 62.4 Å². The molecule has 0 spiro atoms. The number of aryl methyl sites for hydroxylation is 2. The van der Waals surface area contributed by atoms with Crippen LogP contribution in [0.1, 0.15) is 60.4 Å². The molecule has 0 amide bonds. The minimum atomic E-state index is -1.41. The number of nitrogens with zero attached hydrogens (tertiary/aromatic N) is 2. The Balaban J connectivity index is 1.57. The van der Waals surface area contributed by atoms with Gasteiger partial charge >= 0.3 is 5.97 Å². The topological polar surface area (TPSA) is 81.4 Å². The summed E-state index contributed by atoms with van der Waals surface area (Å²) < 4.78 is 6.94. The van der Waals surface area contributed by atoms with Gasteiger partial charge in [-0.3, -0.25) is 9.59 Å². The Labute approximate surface area is 179 Å². The second-order valence-electron chi connectivity index (χ2n) is 9.05. The van der Waals surface area contributed by atoms with Crippen molar-refractivity contribution in [2.45, 2.75) is 64.2 Å². The number of carbonyl (C=O) groups is 1. The molecule has 0 radical (unpaired) electrons. The fraction of sp³-hybridized carbons (Fsp3) is 0.400. The maximum absolute atomic E-state index is 13.4. The lowest BCUT2D eigenvalue weighted by Crippen LogP contribution is -2.32. The molecule has 1 atom stereocenters. The predicted octanol–water partition coefficient (Wildman–Crippen LogP) is 3.35. The van der Waals surface area contributed by atoms with E-state index in [4.69, 9.17) is 9.72 Å². The normalized spacial score (nSPS) is 21.7. The van der Waals surface area contributed by atoms with Crippen LogP contribution in [0.4, 0.5) is 0 Å². The maximum Gasteiger partial charge on any atom is 0.309 e. The second-order valence-corrected chi connectivity index (χ2v) is 9.05. The number of ether oxygens (including phenoxy) is 1. The monoisotopic (exact) mass is 416 g/mol. The van der Waals surface area contributed by atoms with Crippen LogP contribution >= 0.6 is 0 Å². The Kier molecular flexibility index (Phi) is 3.93. The summed E-state index contributed by atoms with van der Waals surface area (Å²) in [7, 11) is 0. The molecule has 6 rings (SSSR count). The number of aliphatic hydroxyl groups is 1. The molecule has 6 heteroatoms. The number of benzene rings is 1. The highest BCUT2D eigenvalue weighted by Crippen LogP contribution is 2.39. The highest BCUT2D eigenvalue weighted by molar-refractivity contribution is 5.85. The quantitative estimate of drug-likeness (QED) is 0.481. The molecule has 2 aromatic heterocycles. The first-order valence-electron chi connectivity index (χ1n) is 11.1. The van der Waals surface area contributed by atoms with E-state index in [1.165, 1.54) is 24.0 Å².